The van der Waals surface area contributed by atoms with Crippen molar-refractivity contribution >= 4 is 5.69 Å². The number of anilines is 1. The molecule has 3 nitrogen and oxygen atoms in total. The number of nitrogens with zero attached hydrogens (tertiary/aromatic N) is 2. The van der Waals surface area contributed by atoms with Crippen molar-refractivity contribution in [2.75, 3.05) is 38.1 Å². The average Bonchev–Trinajstić information content (AvgIpc) is 2.71. The van der Waals surface area contributed by atoms with Crippen molar-refractivity contribution in [2.45, 2.75) is 44.4 Å². The highest BCUT2D eigenvalue weighted by Gasteiger charge is 2.19. The Morgan fingerprint density at radius 2 is 1.67 bits per heavy atom. The van der Waals surface area contributed by atoms with E-state index in [1.165, 1.54) is 63.7 Å². The zero-order chi connectivity index (χ0) is 18.9. The number of phenols is 1. The van der Waals surface area contributed by atoms with Crippen molar-refractivity contribution in [1.82, 2.24) is 4.90 Å². The molecule has 2 aromatic carbocycles. The van der Waals surface area contributed by atoms with Crippen LogP contribution in [0.3, 0.4) is 0 Å². The van der Waals surface area contributed by atoms with E-state index in [9.17, 15) is 5.11 Å². The first kappa shape index (κ1) is 19.8. The fraction of sp³-hybridized carbons (Fsp3) is 0.500. The Labute approximate surface area is 164 Å². The highest BCUT2D eigenvalue weighted by atomic mass is 16.3. The molecule has 0 unspecified atom stereocenters. The first-order valence-corrected chi connectivity index (χ1v) is 10.5. The molecule has 1 heterocycles. The van der Waals surface area contributed by atoms with E-state index in [-0.39, 0.29) is 0 Å². The molecule has 0 aliphatic carbocycles. The van der Waals surface area contributed by atoms with E-state index in [1.807, 2.05) is 12.1 Å². The fourth-order valence-corrected chi connectivity index (χ4v) is 4.11. The Kier molecular flexibility index (Phi) is 7.58. The van der Waals surface area contributed by atoms with Gasteiger partial charge in [0.2, 0.25) is 0 Å². The lowest BCUT2D eigenvalue weighted by Crippen LogP contribution is -2.33. The second-order valence-corrected chi connectivity index (χ2v) is 7.88. The summed E-state index contributed by atoms with van der Waals surface area (Å²) in [5.41, 5.74) is 2.62. The van der Waals surface area contributed by atoms with Gasteiger partial charge in [-0.15, -0.1) is 0 Å². The second kappa shape index (κ2) is 10.4. The predicted molar refractivity (Wildman–Crippen MR) is 115 cm³/mol. The van der Waals surface area contributed by atoms with Gasteiger partial charge < -0.3 is 14.9 Å². The van der Waals surface area contributed by atoms with E-state index in [4.69, 9.17) is 0 Å². The van der Waals surface area contributed by atoms with Crippen molar-refractivity contribution in [3.05, 3.63) is 60.2 Å². The van der Waals surface area contributed by atoms with Gasteiger partial charge in [0.25, 0.3) is 0 Å². The van der Waals surface area contributed by atoms with E-state index in [2.05, 4.69) is 53.2 Å². The van der Waals surface area contributed by atoms with Gasteiger partial charge in [-0.25, -0.2) is 0 Å². The van der Waals surface area contributed by atoms with Crippen molar-refractivity contribution in [1.29, 1.82) is 0 Å². The third-order valence-corrected chi connectivity index (χ3v) is 5.85. The minimum Gasteiger partial charge on any atom is -0.508 e. The van der Waals surface area contributed by atoms with E-state index >= 15 is 0 Å². The van der Waals surface area contributed by atoms with Gasteiger partial charge in [-0.2, -0.15) is 0 Å². The van der Waals surface area contributed by atoms with Gasteiger partial charge in [-0.05, 0) is 68.9 Å². The molecule has 1 saturated heterocycles. The van der Waals surface area contributed by atoms with Crippen LogP contribution in [0.5, 0.6) is 5.75 Å². The number of rotatable bonds is 9. The third kappa shape index (κ3) is 6.28. The van der Waals surface area contributed by atoms with Crippen LogP contribution in [-0.4, -0.2) is 43.2 Å². The maximum Gasteiger partial charge on any atom is 0.117 e. The lowest BCUT2D eigenvalue weighted by atomic mass is 9.89. The summed E-state index contributed by atoms with van der Waals surface area (Å²) < 4.78 is 0. The van der Waals surface area contributed by atoms with E-state index in [0.717, 1.165) is 18.2 Å². The Hall–Kier alpha value is -2.00. The lowest BCUT2D eigenvalue weighted by Gasteiger charge is -2.32. The second-order valence-electron chi connectivity index (χ2n) is 7.88. The molecular formula is C24H34N2O. The third-order valence-electron chi connectivity index (χ3n) is 5.85. The molecule has 0 atom stereocenters. The maximum absolute atomic E-state index is 9.58. The average molecular weight is 367 g/mol. The van der Waals surface area contributed by atoms with Gasteiger partial charge >= 0.3 is 0 Å². The molecule has 2 aromatic rings. The van der Waals surface area contributed by atoms with Crippen LogP contribution in [-0.2, 0) is 0 Å². The van der Waals surface area contributed by atoms with Gasteiger partial charge in [-0.3, -0.25) is 0 Å². The molecule has 3 heteroatoms. The summed E-state index contributed by atoms with van der Waals surface area (Å²) in [5.74, 6) is 1.10. The fourth-order valence-electron chi connectivity index (χ4n) is 4.11. The molecule has 1 aliphatic rings. The standard InChI is InChI=1S/C24H34N2O/c1-25(23-12-9-13-24(27)20-23)16-7-2-3-8-17-26-18-14-22(15-19-26)21-10-5-4-6-11-21/h4-6,9-13,20,22,27H,2-3,7-8,14-19H2,1H3. The highest BCUT2D eigenvalue weighted by molar-refractivity contribution is 5.49. The lowest BCUT2D eigenvalue weighted by molar-refractivity contribution is 0.208. The van der Waals surface area contributed by atoms with Crippen LogP contribution in [0, 0.1) is 0 Å². The van der Waals surface area contributed by atoms with E-state index in [0.29, 0.717) is 5.75 Å². The highest BCUT2D eigenvalue weighted by Crippen LogP contribution is 2.27. The molecule has 1 aliphatic heterocycles. The van der Waals surface area contributed by atoms with Crippen LogP contribution < -0.4 is 4.90 Å². The van der Waals surface area contributed by atoms with Gasteiger partial charge in [0, 0.05) is 25.3 Å². The number of unbranched alkanes of at least 4 members (excludes halogenated alkanes) is 3. The smallest absolute Gasteiger partial charge is 0.117 e. The molecule has 1 N–H and O–H groups in total. The largest absolute Gasteiger partial charge is 0.508 e. The zero-order valence-electron chi connectivity index (χ0n) is 16.7. The number of phenolic OH excluding ortho intramolecular Hbond substituents is 1. The molecule has 0 amide bonds. The van der Waals surface area contributed by atoms with E-state index in [1.54, 1.807) is 6.07 Å². The minimum atomic E-state index is 0.343. The van der Waals surface area contributed by atoms with Gasteiger partial charge in [0.1, 0.15) is 5.75 Å². The number of benzene rings is 2. The monoisotopic (exact) mass is 366 g/mol. The molecule has 0 radical (unpaired) electrons. The SMILES string of the molecule is CN(CCCCCCN1CCC(c2ccccc2)CC1)c1cccc(O)c1. The Balaban J connectivity index is 1.25. The minimum absolute atomic E-state index is 0.343. The molecule has 3 rings (SSSR count). The topological polar surface area (TPSA) is 26.7 Å². The molecule has 1 fully saturated rings. The number of aromatic hydroxyl groups is 1. The quantitative estimate of drug-likeness (QED) is 0.613. The Morgan fingerprint density at radius 1 is 0.926 bits per heavy atom. The van der Waals surface area contributed by atoms with Crippen LogP contribution in [0.4, 0.5) is 5.69 Å². The van der Waals surface area contributed by atoms with Gasteiger partial charge in [0.05, 0.1) is 0 Å². The molecule has 0 spiro atoms. The number of likely N-dealkylation sites (tertiary alicyclic amines) is 1. The number of piperidine rings is 1. The van der Waals surface area contributed by atoms with Crippen LogP contribution in [0.1, 0.15) is 50.0 Å². The molecule has 0 aromatic heterocycles. The summed E-state index contributed by atoms with van der Waals surface area (Å²) >= 11 is 0. The maximum atomic E-state index is 9.58. The predicted octanol–water partition coefficient (Wildman–Crippen LogP) is 5.27. The van der Waals surface area contributed by atoms with Crippen molar-refractivity contribution in [3.63, 3.8) is 0 Å². The van der Waals surface area contributed by atoms with E-state index < -0.39 is 0 Å². The molecule has 0 saturated carbocycles. The number of hydrogen-bond acceptors (Lipinski definition) is 3. The summed E-state index contributed by atoms with van der Waals surface area (Å²) in [7, 11) is 2.10. The Bertz CT molecular complexity index is 665. The summed E-state index contributed by atoms with van der Waals surface area (Å²) in [6.45, 7) is 4.80. The first-order valence-electron chi connectivity index (χ1n) is 10.5. The summed E-state index contributed by atoms with van der Waals surface area (Å²) in [4.78, 5) is 4.88. The molecule has 0 bridgehead atoms. The van der Waals surface area contributed by atoms with Crippen LogP contribution in [0.25, 0.3) is 0 Å². The van der Waals surface area contributed by atoms with Crippen molar-refractivity contribution < 1.29 is 5.11 Å². The summed E-state index contributed by atoms with van der Waals surface area (Å²) in [6.07, 6.45) is 7.72. The van der Waals surface area contributed by atoms with Crippen LogP contribution in [0.15, 0.2) is 54.6 Å². The first-order chi connectivity index (χ1) is 13.2. The summed E-state index contributed by atoms with van der Waals surface area (Å²) in [6, 6.07) is 18.5. The van der Waals surface area contributed by atoms with Gasteiger partial charge in [-0.1, -0.05) is 49.2 Å². The molecular weight excluding hydrogens is 332 g/mol. The van der Waals surface area contributed by atoms with Crippen molar-refractivity contribution in [2.24, 2.45) is 0 Å². The van der Waals surface area contributed by atoms with Crippen LogP contribution >= 0.6 is 0 Å². The zero-order valence-corrected chi connectivity index (χ0v) is 16.7. The van der Waals surface area contributed by atoms with Crippen molar-refractivity contribution in [3.8, 4) is 5.75 Å². The Morgan fingerprint density at radius 3 is 2.41 bits per heavy atom. The van der Waals surface area contributed by atoms with Crippen LogP contribution in [0.2, 0.25) is 0 Å². The molecule has 146 valence electrons. The van der Waals surface area contributed by atoms with Gasteiger partial charge in [0.15, 0.2) is 0 Å². The molecule has 27 heavy (non-hydrogen) atoms. The summed E-state index contributed by atoms with van der Waals surface area (Å²) in [5, 5.41) is 9.58. The normalized spacial score (nSPS) is 15.7. The number of hydrogen-bond donors (Lipinski definition) is 1.